The molecule has 0 N–H and O–H groups in total. The van der Waals surface area contributed by atoms with Gasteiger partial charge in [-0.05, 0) is 76.4 Å². The van der Waals surface area contributed by atoms with Crippen molar-refractivity contribution in [2.75, 3.05) is 35.0 Å². The number of fused-ring (bicyclic) bond motifs is 1. The van der Waals surface area contributed by atoms with E-state index in [1.54, 1.807) is 24.3 Å². The molecule has 1 amide bonds. The van der Waals surface area contributed by atoms with E-state index in [4.69, 9.17) is 18.9 Å². The fourth-order valence-electron chi connectivity index (χ4n) is 3.92. The average molecular weight is 565 g/mol. The van der Waals surface area contributed by atoms with Gasteiger partial charge in [-0.15, -0.1) is 0 Å². The number of hydrogen-bond acceptors (Lipinski definition) is 5. The SMILES string of the molecule is COc1cc(I)c(C[C@@H]2c3cc(OC)c(OC)cc3CCN2C(=O)C(F)(F)F)cc1OC. The molecule has 0 bridgehead atoms. The minimum absolute atomic E-state index is 0.0602. The Kier molecular flexibility index (Phi) is 7.31. The summed E-state index contributed by atoms with van der Waals surface area (Å²) in [5.41, 5.74) is 2.14. The fraction of sp³-hybridized carbons (Fsp3) is 0.409. The van der Waals surface area contributed by atoms with Crippen LogP contribution < -0.4 is 18.9 Å². The normalized spacial score (nSPS) is 15.8. The summed E-state index contributed by atoms with van der Waals surface area (Å²) in [6.07, 6.45) is -4.54. The van der Waals surface area contributed by atoms with Gasteiger partial charge in [-0.25, -0.2) is 0 Å². The third kappa shape index (κ3) is 4.69. The van der Waals surface area contributed by atoms with Crippen LogP contribution in [0.15, 0.2) is 24.3 Å². The number of carbonyl (C=O) groups is 1. The number of hydrogen-bond donors (Lipinski definition) is 0. The number of ether oxygens (including phenoxy) is 4. The lowest BCUT2D eigenvalue weighted by Gasteiger charge is -2.38. The van der Waals surface area contributed by atoms with Crippen LogP contribution in [-0.2, 0) is 17.6 Å². The first-order valence-corrected chi connectivity index (χ1v) is 10.7. The van der Waals surface area contributed by atoms with Gasteiger partial charge in [0.1, 0.15) is 0 Å². The van der Waals surface area contributed by atoms with Gasteiger partial charge in [0, 0.05) is 10.1 Å². The molecule has 3 rings (SSSR count). The van der Waals surface area contributed by atoms with E-state index in [1.807, 2.05) is 0 Å². The number of halogens is 4. The predicted molar refractivity (Wildman–Crippen MR) is 120 cm³/mol. The molecule has 0 unspecified atom stereocenters. The largest absolute Gasteiger partial charge is 0.493 e. The molecule has 0 aliphatic carbocycles. The second-order valence-corrected chi connectivity index (χ2v) is 8.33. The van der Waals surface area contributed by atoms with Crippen molar-refractivity contribution in [2.45, 2.75) is 25.1 Å². The fourth-order valence-corrected chi connectivity index (χ4v) is 4.57. The summed E-state index contributed by atoms with van der Waals surface area (Å²) in [6, 6.07) is 6.05. The molecule has 32 heavy (non-hydrogen) atoms. The Bertz CT molecular complexity index is 1010. The van der Waals surface area contributed by atoms with E-state index in [9.17, 15) is 18.0 Å². The quantitative estimate of drug-likeness (QED) is 0.482. The van der Waals surface area contributed by atoms with E-state index in [0.717, 1.165) is 19.6 Å². The number of amides is 1. The highest BCUT2D eigenvalue weighted by molar-refractivity contribution is 14.1. The molecule has 10 heteroatoms. The van der Waals surface area contributed by atoms with Crippen LogP contribution in [0.4, 0.5) is 13.2 Å². The lowest BCUT2D eigenvalue weighted by molar-refractivity contribution is -0.188. The first kappa shape index (κ1) is 24.3. The molecule has 0 spiro atoms. The minimum atomic E-state index is -4.98. The summed E-state index contributed by atoms with van der Waals surface area (Å²) in [5, 5.41) is 0. The summed E-state index contributed by atoms with van der Waals surface area (Å²) >= 11 is 2.10. The van der Waals surface area contributed by atoms with E-state index in [0.29, 0.717) is 28.6 Å². The van der Waals surface area contributed by atoms with E-state index < -0.39 is 18.1 Å². The first-order chi connectivity index (χ1) is 15.1. The Balaban J connectivity index is 2.13. The molecule has 2 aromatic rings. The maximum Gasteiger partial charge on any atom is 0.471 e. The van der Waals surface area contributed by atoms with E-state index >= 15 is 0 Å². The molecule has 174 valence electrons. The van der Waals surface area contributed by atoms with Crippen LogP contribution in [0.5, 0.6) is 23.0 Å². The van der Waals surface area contributed by atoms with Crippen LogP contribution in [0.25, 0.3) is 0 Å². The Labute approximate surface area is 197 Å². The Hall–Kier alpha value is -2.37. The van der Waals surface area contributed by atoms with E-state index in [-0.39, 0.29) is 19.4 Å². The highest BCUT2D eigenvalue weighted by Gasteiger charge is 2.46. The Morgan fingerprint density at radius 1 is 0.969 bits per heavy atom. The van der Waals surface area contributed by atoms with Gasteiger partial charge >= 0.3 is 12.1 Å². The van der Waals surface area contributed by atoms with Crippen LogP contribution in [-0.4, -0.2) is 52.0 Å². The first-order valence-electron chi connectivity index (χ1n) is 9.67. The summed E-state index contributed by atoms with van der Waals surface area (Å²) in [6.45, 7) is -0.0602. The van der Waals surface area contributed by atoms with Gasteiger partial charge in [0.15, 0.2) is 23.0 Å². The highest BCUT2D eigenvalue weighted by atomic mass is 127. The third-order valence-corrected chi connectivity index (χ3v) is 6.48. The van der Waals surface area contributed by atoms with Crippen molar-refractivity contribution >= 4 is 28.5 Å². The van der Waals surface area contributed by atoms with Gasteiger partial charge in [-0.1, -0.05) is 0 Å². The lowest BCUT2D eigenvalue weighted by Crippen LogP contribution is -2.47. The summed E-state index contributed by atoms with van der Waals surface area (Å²) in [7, 11) is 5.95. The molecule has 1 atom stereocenters. The second-order valence-electron chi connectivity index (χ2n) is 7.17. The van der Waals surface area contributed by atoms with Crippen LogP contribution in [0.1, 0.15) is 22.7 Å². The Morgan fingerprint density at radius 3 is 2.06 bits per heavy atom. The molecule has 2 aromatic carbocycles. The molecule has 0 saturated carbocycles. The summed E-state index contributed by atoms with van der Waals surface area (Å²) < 4.78 is 62.4. The summed E-state index contributed by atoms with van der Waals surface area (Å²) in [5.74, 6) is -0.0152. The van der Waals surface area contributed by atoms with Crippen LogP contribution in [0, 0.1) is 3.57 Å². The monoisotopic (exact) mass is 565 g/mol. The zero-order valence-electron chi connectivity index (χ0n) is 18.0. The molecule has 6 nitrogen and oxygen atoms in total. The molecular weight excluding hydrogens is 542 g/mol. The van der Waals surface area contributed by atoms with Gasteiger partial charge in [0.25, 0.3) is 0 Å². The Morgan fingerprint density at radius 2 is 1.50 bits per heavy atom. The van der Waals surface area contributed by atoms with Crippen LogP contribution >= 0.6 is 22.6 Å². The molecule has 1 aliphatic rings. The van der Waals surface area contributed by atoms with Crippen molar-refractivity contribution < 1.29 is 36.9 Å². The number of alkyl halides is 3. The lowest BCUT2D eigenvalue weighted by atomic mass is 9.88. The minimum Gasteiger partial charge on any atom is -0.493 e. The van der Waals surface area contributed by atoms with Crippen molar-refractivity contribution in [3.8, 4) is 23.0 Å². The predicted octanol–water partition coefficient (Wildman–Crippen LogP) is 4.56. The molecule has 0 saturated heterocycles. The third-order valence-electron chi connectivity index (χ3n) is 5.47. The maximum atomic E-state index is 13.4. The molecule has 0 aromatic heterocycles. The zero-order chi connectivity index (χ0) is 23.6. The summed E-state index contributed by atoms with van der Waals surface area (Å²) in [4.78, 5) is 13.2. The number of methoxy groups -OCH3 is 4. The molecule has 1 aliphatic heterocycles. The van der Waals surface area contributed by atoms with Crippen molar-refractivity contribution in [3.63, 3.8) is 0 Å². The molecular formula is C22H23F3INO5. The topological polar surface area (TPSA) is 57.2 Å². The van der Waals surface area contributed by atoms with Gasteiger partial charge in [-0.2, -0.15) is 13.2 Å². The maximum absolute atomic E-state index is 13.4. The average Bonchev–Trinajstić information content (AvgIpc) is 2.77. The van der Waals surface area contributed by atoms with Crippen molar-refractivity contribution in [3.05, 3.63) is 44.5 Å². The van der Waals surface area contributed by atoms with Gasteiger partial charge in [0.05, 0.1) is 34.5 Å². The van der Waals surface area contributed by atoms with Crippen LogP contribution in [0.2, 0.25) is 0 Å². The van der Waals surface area contributed by atoms with Crippen molar-refractivity contribution in [1.29, 1.82) is 0 Å². The number of carbonyl (C=O) groups excluding carboxylic acids is 1. The van der Waals surface area contributed by atoms with E-state index in [1.165, 1.54) is 28.4 Å². The molecule has 0 radical (unpaired) electrons. The second kappa shape index (κ2) is 9.63. The van der Waals surface area contributed by atoms with Gasteiger partial charge in [-0.3, -0.25) is 4.79 Å². The van der Waals surface area contributed by atoms with Crippen molar-refractivity contribution in [2.24, 2.45) is 0 Å². The smallest absolute Gasteiger partial charge is 0.471 e. The molecule has 1 heterocycles. The van der Waals surface area contributed by atoms with Crippen molar-refractivity contribution in [1.82, 2.24) is 4.90 Å². The number of benzene rings is 2. The van der Waals surface area contributed by atoms with Gasteiger partial charge in [0.2, 0.25) is 0 Å². The molecule has 0 fully saturated rings. The number of nitrogens with zero attached hydrogens (tertiary/aromatic N) is 1. The zero-order valence-corrected chi connectivity index (χ0v) is 20.2. The standard InChI is InChI=1S/C22H23F3INO5/c1-29-17-8-12-5-6-27(21(28)22(23,24)25)16(14(12)10-19(17)31-3)7-13-9-18(30-2)20(32-4)11-15(13)26/h8-11,16H,5-7H2,1-4H3/t16-/m1/s1. The van der Waals surface area contributed by atoms with Gasteiger partial charge < -0.3 is 23.8 Å². The number of rotatable bonds is 6. The highest BCUT2D eigenvalue weighted by Crippen LogP contribution is 2.42. The van der Waals surface area contributed by atoms with Crippen LogP contribution in [0.3, 0.4) is 0 Å². The van der Waals surface area contributed by atoms with E-state index in [2.05, 4.69) is 22.6 Å².